The van der Waals surface area contributed by atoms with Gasteiger partial charge in [-0.05, 0) is 32.0 Å². The molecular weight excluding hydrogens is 270 g/mol. The Morgan fingerprint density at radius 2 is 2.00 bits per heavy atom. The molecule has 0 saturated carbocycles. The molecule has 0 aliphatic carbocycles. The normalized spacial score (nSPS) is 10.2. The van der Waals surface area contributed by atoms with E-state index < -0.39 is 4.92 Å². The predicted molar refractivity (Wildman–Crippen MR) is 81.7 cm³/mol. The van der Waals surface area contributed by atoms with Gasteiger partial charge in [0.25, 0.3) is 5.69 Å². The second-order valence-electron chi connectivity index (χ2n) is 4.28. The second kappa shape index (κ2) is 6.69. The van der Waals surface area contributed by atoms with Gasteiger partial charge in [-0.1, -0.05) is 12.1 Å². The van der Waals surface area contributed by atoms with Gasteiger partial charge in [-0.3, -0.25) is 10.1 Å². The highest BCUT2D eigenvalue weighted by Crippen LogP contribution is 2.35. The summed E-state index contributed by atoms with van der Waals surface area (Å²) in [5.41, 5.74) is 0.886. The maximum absolute atomic E-state index is 11.2. The van der Waals surface area contributed by atoms with Crippen LogP contribution in [0.25, 0.3) is 11.3 Å². The molecule has 1 aromatic heterocycles. The van der Waals surface area contributed by atoms with E-state index in [1.807, 2.05) is 26.0 Å². The maximum Gasteiger partial charge on any atom is 0.295 e. The molecule has 21 heavy (non-hydrogen) atoms. The molecule has 0 bridgehead atoms. The molecule has 0 aliphatic rings. The molecule has 0 atom stereocenters. The molecule has 1 aromatic carbocycles. The lowest BCUT2D eigenvalue weighted by atomic mass is 10.1. The summed E-state index contributed by atoms with van der Waals surface area (Å²) in [5.74, 6) is 1.19. The molecule has 0 spiro atoms. The molecule has 0 fully saturated rings. The number of nitrogens with one attached hydrogen (secondary N) is 1. The topological polar surface area (TPSA) is 77.3 Å². The summed E-state index contributed by atoms with van der Waals surface area (Å²) < 4.78 is 5.54. The van der Waals surface area contributed by atoms with E-state index in [1.165, 1.54) is 6.07 Å². The molecule has 0 saturated heterocycles. The fourth-order valence-electron chi connectivity index (χ4n) is 2.02. The number of aromatic nitrogens is 1. The molecule has 0 aliphatic heterocycles. The lowest BCUT2D eigenvalue weighted by Crippen LogP contribution is -2.03. The number of rotatable bonds is 6. The van der Waals surface area contributed by atoms with E-state index in [0.29, 0.717) is 36.0 Å². The predicted octanol–water partition coefficient (Wildman–Crippen LogP) is 3.49. The number of nitro groups is 1. The maximum atomic E-state index is 11.2. The lowest BCUT2D eigenvalue weighted by Gasteiger charge is -2.11. The van der Waals surface area contributed by atoms with Crippen molar-refractivity contribution in [2.24, 2.45) is 0 Å². The number of nitrogens with zero attached hydrogens (tertiary/aromatic N) is 2. The largest absolute Gasteiger partial charge is 0.493 e. The van der Waals surface area contributed by atoms with E-state index in [2.05, 4.69) is 10.3 Å². The Bertz CT molecular complexity index is 644. The minimum Gasteiger partial charge on any atom is -0.493 e. The highest BCUT2D eigenvalue weighted by atomic mass is 16.6. The van der Waals surface area contributed by atoms with Crippen molar-refractivity contribution in [3.8, 4) is 17.0 Å². The Kier molecular flexibility index (Phi) is 4.71. The van der Waals surface area contributed by atoms with Gasteiger partial charge in [-0.25, -0.2) is 4.98 Å². The standard InChI is InChI=1S/C15H17N3O3/c1-3-16-14-10-9-12(18(19)20)15(17-14)11-7-5-6-8-13(11)21-4-2/h5-10H,3-4H2,1-2H3,(H,16,17). The number of anilines is 1. The number of ether oxygens (including phenoxy) is 1. The summed E-state index contributed by atoms with van der Waals surface area (Å²) in [6.45, 7) is 4.99. The fourth-order valence-corrected chi connectivity index (χ4v) is 2.02. The Labute approximate surface area is 122 Å². The molecule has 110 valence electrons. The molecule has 2 aromatic rings. The van der Waals surface area contributed by atoms with E-state index in [1.54, 1.807) is 18.2 Å². The van der Waals surface area contributed by atoms with Gasteiger partial charge in [0.2, 0.25) is 0 Å². The molecule has 0 amide bonds. The summed E-state index contributed by atoms with van der Waals surface area (Å²) in [4.78, 5) is 15.2. The van der Waals surface area contributed by atoms with Crippen molar-refractivity contribution in [2.75, 3.05) is 18.5 Å². The zero-order valence-corrected chi connectivity index (χ0v) is 12.0. The van der Waals surface area contributed by atoms with E-state index in [-0.39, 0.29) is 5.69 Å². The van der Waals surface area contributed by atoms with Crippen molar-refractivity contribution in [1.82, 2.24) is 4.98 Å². The summed E-state index contributed by atoms with van der Waals surface area (Å²) in [6, 6.07) is 10.3. The highest BCUT2D eigenvalue weighted by Gasteiger charge is 2.20. The molecule has 1 N–H and O–H groups in total. The molecule has 6 heteroatoms. The zero-order chi connectivity index (χ0) is 15.2. The van der Waals surface area contributed by atoms with Crippen molar-refractivity contribution in [3.63, 3.8) is 0 Å². The highest BCUT2D eigenvalue weighted by molar-refractivity contribution is 5.76. The van der Waals surface area contributed by atoms with E-state index in [4.69, 9.17) is 4.74 Å². The van der Waals surface area contributed by atoms with Gasteiger partial charge in [0.1, 0.15) is 11.6 Å². The van der Waals surface area contributed by atoms with Gasteiger partial charge in [0.05, 0.1) is 11.5 Å². The second-order valence-corrected chi connectivity index (χ2v) is 4.28. The molecule has 0 radical (unpaired) electrons. The van der Waals surface area contributed by atoms with Crippen molar-refractivity contribution >= 4 is 11.5 Å². The van der Waals surface area contributed by atoms with Crippen molar-refractivity contribution < 1.29 is 9.66 Å². The SMILES string of the molecule is CCNc1ccc([N+](=O)[O-])c(-c2ccccc2OCC)n1. The first-order valence-electron chi connectivity index (χ1n) is 6.78. The van der Waals surface area contributed by atoms with Gasteiger partial charge < -0.3 is 10.1 Å². The van der Waals surface area contributed by atoms with Crippen LogP contribution < -0.4 is 10.1 Å². The summed E-state index contributed by atoms with van der Waals surface area (Å²) in [5, 5.41) is 14.3. The first kappa shape index (κ1) is 14.8. The quantitative estimate of drug-likeness (QED) is 0.650. The van der Waals surface area contributed by atoms with Crippen LogP contribution in [-0.4, -0.2) is 23.1 Å². The van der Waals surface area contributed by atoms with E-state index in [0.717, 1.165) is 0 Å². The third-order valence-corrected chi connectivity index (χ3v) is 2.87. The lowest BCUT2D eigenvalue weighted by molar-refractivity contribution is -0.384. The smallest absolute Gasteiger partial charge is 0.295 e. The third-order valence-electron chi connectivity index (χ3n) is 2.87. The van der Waals surface area contributed by atoms with Crippen LogP contribution in [0.5, 0.6) is 5.75 Å². The Balaban J connectivity index is 2.59. The number of para-hydroxylation sites is 1. The van der Waals surface area contributed by atoms with Crippen LogP contribution >= 0.6 is 0 Å². The molecule has 6 nitrogen and oxygen atoms in total. The van der Waals surface area contributed by atoms with Gasteiger partial charge in [0, 0.05) is 18.2 Å². The number of hydrogen-bond acceptors (Lipinski definition) is 5. The monoisotopic (exact) mass is 287 g/mol. The fraction of sp³-hybridized carbons (Fsp3) is 0.267. The average molecular weight is 287 g/mol. The van der Waals surface area contributed by atoms with Crippen LogP contribution in [0.2, 0.25) is 0 Å². The van der Waals surface area contributed by atoms with Crippen LogP contribution in [0.1, 0.15) is 13.8 Å². The van der Waals surface area contributed by atoms with Crippen molar-refractivity contribution in [2.45, 2.75) is 13.8 Å². The van der Waals surface area contributed by atoms with Gasteiger partial charge in [-0.15, -0.1) is 0 Å². The van der Waals surface area contributed by atoms with E-state index >= 15 is 0 Å². The van der Waals surface area contributed by atoms with Gasteiger partial charge in [0.15, 0.2) is 5.69 Å². The number of hydrogen-bond donors (Lipinski definition) is 1. The summed E-state index contributed by atoms with van der Waals surface area (Å²) in [6.07, 6.45) is 0. The minimum atomic E-state index is -0.430. The number of benzene rings is 1. The van der Waals surface area contributed by atoms with Crippen LogP contribution in [0, 0.1) is 10.1 Å². The van der Waals surface area contributed by atoms with Crippen LogP contribution in [0.15, 0.2) is 36.4 Å². The van der Waals surface area contributed by atoms with Crippen LogP contribution in [-0.2, 0) is 0 Å². The molecule has 2 rings (SSSR count). The number of pyridine rings is 1. The third kappa shape index (κ3) is 3.28. The zero-order valence-electron chi connectivity index (χ0n) is 12.0. The molecule has 1 heterocycles. The summed E-state index contributed by atoms with van der Waals surface area (Å²) >= 11 is 0. The first-order valence-corrected chi connectivity index (χ1v) is 6.78. The van der Waals surface area contributed by atoms with Crippen LogP contribution in [0.4, 0.5) is 11.5 Å². The Morgan fingerprint density at radius 3 is 2.67 bits per heavy atom. The molecule has 0 unspecified atom stereocenters. The first-order chi connectivity index (χ1) is 10.2. The van der Waals surface area contributed by atoms with E-state index in [9.17, 15) is 10.1 Å². The Hall–Kier alpha value is -2.63. The van der Waals surface area contributed by atoms with Gasteiger partial charge >= 0.3 is 0 Å². The van der Waals surface area contributed by atoms with Crippen molar-refractivity contribution in [3.05, 3.63) is 46.5 Å². The van der Waals surface area contributed by atoms with Crippen LogP contribution in [0.3, 0.4) is 0 Å². The Morgan fingerprint density at radius 1 is 1.24 bits per heavy atom. The summed E-state index contributed by atoms with van der Waals surface area (Å²) in [7, 11) is 0. The average Bonchev–Trinajstić information content (AvgIpc) is 2.48. The van der Waals surface area contributed by atoms with Crippen molar-refractivity contribution in [1.29, 1.82) is 0 Å². The molecular formula is C15H17N3O3. The minimum absolute atomic E-state index is 0.0381. The van der Waals surface area contributed by atoms with Gasteiger partial charge in [-0.2, -0.15) is 0 Å².